The van der Waals surface area contributed by atoms with Crippen molar-refractivity contribution in [1.29, 1.82) is 0 Å². The number of nitrogens with zero attached hydrogens (tertiary/aromatic N) is 2. The van der Waals surface area contributed by atoms with Crippen molar-refractivity contribution in [1.82, 2.24) is 0 Å². The van der Waals surface area contributed by atoms with Crippen molar-refractivity contribution in [3.8, 4) is 0 Å². The van der Waals surface area contributed by atoms with Crippen LogP contribution in [0.3, 0.4) is 0 Å². The summed E-state index contributed by atoms with van der Waals surface area (Å²) in [4.78, 5) is 7.09. The topological polar surface area (TPSA) is 18.5 Å². The van der Waals surface area contributed by atoms with Crippen LogP contribution >= 0.6 is 11.8 Å². The Balaban J connectivity index is 1.94. The monoisotopic (exact) mass is 313 g/mol. The molecule has 22 heavy (non-hydrogen) atoms. The standard InChI is InChI=1S/C18H23N3S/c1-5-21(6-2)14-8-10-18-16(12-14)19-15-11-13(20(3)4)7-9-17(15)22-18/h7-12,19H,5-6H2,1-4H3. The molecule has 0 spiro atoms. The van der Waals surface area contributed by atoms with E-state index >= 15 is 0 Å². The van der Waals surface area contributed by atoms with Crippen LogP contribution in [0.1, 0.15) is 13.8 Å². The highest BCUT2D eigenvalue weighted by Gasteiger charge is 2.17. The van der Waals surface area contributed by atoms with Crippen LogP contribution in [-0.2, 0) is 0 Å². The maximum absolute atomic E-state index is 3.61. The quantitative estimate of drug-likeness (QED) is 0.745. The molecule has 1 aliphatic heterocycles. The fourth-order valence-corrected chi connectivity index (χ4v) is 3.69. The maximum Gasteiger partial charge on any atom is 0.0547 e. The number of fused-ring (bicyclic) bond motifs is 2. The van der Waals surface area contributed by atoms with Gasteiger partial charge >= 0.3 is 0 Å². The zero-order valence-electron chi connectivity index (χ0n) is 13.7. The minimum atomic E-state index is 1.03. The van der Waals surface area contributed by atoms with E-state index in [-0.39, 0.29) is 0 Å². The predicted octanol–water partition coefficient (Wildman–Crippen LogP) is 4.81. The summed E-state index contributed by atoms with van der Waals surface area (Å²) in [7, 11) is 4.15. The minimum Gasteiger partial charge on any atom is -0.378 e. The Morgan fingerprint density at radius 2 is 1.41 bits per heavy atom. The first-order valence-corrected chi connectivity index (χ1v) is 8.59. The first-order chi connectivity index (χ1) is 10.6. The molecule has 3 rings (SSSR count). The van der Waals surface area contributed by atoms with Gasteiger partial charge in [0.1, 0.15) is 0 Å². The van der Waals surface area contributed by atoms with Crippen molar-refractivity contribution >= 4 is 34.5 Å². The van der Waals surface area contributed by atoms with E-state index in [0.717, 1.165) is 13.1 Å². The van der Waals surface area contributed by atoms with E-state index in [9.17, 15) is 0 Å². The van der Waals surface area contributed by atoms with Gasteiger partial charge in [0.25, 0.3) is 0 Å². The lowest BCUT2D eigenvalue weighted by molar-refractivity contribution is 0.866. The fraction of sp³-hybridized carbons (Fsp3) is 0.333. The van der Waals surface area contributed by atoms with Crippen LogP contribution in [0.2, 0.25) is 0 Å². The van der Waals surface area contributed by atoms with Crippen molar-refractivity contribution in [2.24, 2.45) is 0 Å². The highest BCUT2D eigenvalue weighted by molar-refractivity contribution is 7.99. The number of benzene rings is 2. The summed E-state index contributed by atoms with van der Waals surface area (Å²) in [6.07, 6.45) is 0. The minimum absolute atomic E-state index is 1.03. The largest absolute Gasteiger partial charge is 0.378 e. The first-order valence-electron chi connectivity index (χ1n) is 7.77. The third-order valence-electron chi connectivity index (χ3n) is 4.06. The van der Waals surface area contributed by atoms with E-state index in [1.54, 1.807) is 0 Å². The van der Waals surface area contributed by atoms with Gasteiger partial charge in [-0.2, -0.15) is 0 Å². The molecule has 0 saturated heterocycles. The summed E-state index contributed by atoms with van der Waals surface area (Å²) >= 11 is 1.84. The molecule has 2 aromatic rings. The van der Waals surface area contributed by atoms with Gasteiger partial charge < -0.3 is 15.1 Å². The zero-order valence-corrected chi connectivity index (χ0v) is 14.5. The second-order valence-corrected chi connectivity index (χ2v) is 6.74. The molecular formula is C18H23N3S. The van der Waals surface area contributed by atoms with E-state index in [1.807, 2.05) is 11.8 Å². The van der Waals surface area contributed by atoms with Crippen molar-refractivity contribution in [3.63, 3.8) is 0 Å². The molecule has 1 aliphatic rings. The molecule has 0 bridgehead atoms. The molecule has 0 radical (unpaired) electrons. The van der Waals surface area contributed by atoms with Gasteiger partial charge in [-0.05, 0) is 50.2 Å². The van der Waals surface area contributed by atoms with E-state index in [4.69, 9.17) is 0 Å². The Hall–Kier alpha value is -1.81. The van der Waals surface area contributed by atoms with E-state index < -0.39 is 0 Å². The Labute approximate surface area is 137 Å². The maximum atomic E-state index is 3.61. The van der Waals surface area contributed by atoms with Gasteiger partial charge in [0, 0.05) is 48.4 Å². The summed E-state index contributed by atoms with van der Waals surface area (Å²) in [5.41, 5.74) is 4.90. The summed E-state index contributed by atoms with van der Waals surface area (Å²) < 4.78 is 0. The molecule has 0 amide bonds. The average Bonchev–Trinajstić information content (AvgIpc) is 2.53. The highest BCUT2D eigenvalue weighted by Crippen LogP contribution is 2.46. The van der Waals surface area contributed by atoms with Crippen molar-refractivity contribution in [3.05, 3.63) is 36.4 Å². The molecule has 0 saturated carbocycles. The molecule has 0 unspecified atom stereocenters. The summed E-state index contributed by atoms with van der Waals surface area (Å²) in [6.45, 7) is 6.46. The summed E-state index contributed by atoms with van der Waals surface area (Å²) in [6, 6.07) is 13.3. The van der Waals surface area contributed by atoms with E-state index in [0.29, 0.717) is 0 Å². The molecule has 0 aromatic heterocycles. The van der Waals surface area contributed by atoms with Crippen LogP contribution in [0.4, 0.5) is 22.7 Å². The Kier molecular flexibility index (Phi) is 4.21. The lowest BCUT2D eigenvalue weighted by Gasteiger charge is -2.26. The molecule has 3 nitrogen and oxygen atoms in total. The molecule has 0 aliphatic carbocycles. The number of hydrogen-bond donors (Lipinski definition) is 1. The van der Waals surface area contributed by atoms with Gasteiger partial charge in [-0.3, -0.25) is 0 Å². The van der Waals surface area contributed by atoms with Crippen LogP contribution < -0.4 is 15.1 Å². The number of rotatable bonds is 4. The van der Waals surface area contributed by atoms with Crippen molar-refractivity contribution in [2.45, 2.75) is 23.6 Å². The third-order valence-corrected chi connectivity index (χ3v) is 5.21. The van der Waals surface area contributed by atoms with Crippen LogP contribution in [0, 0.1) is 0 Å². The number of anilines is 4. The van der Waals surface area contributed by atoms with Crippen LogP contribution in [0.25, 0.3) is 0 Å². The molecule has 0 atom stereocenters. The van der Waals surface area contributed by atoms with Gasteiger partial charge in [-0.1, -0.05) is 11.8 Å². The lowest BCUT2D eigenvalue weighted by Crippen LogP contribution is -2.21. The zero-order chi connectivity index (χ0) is 15.7. The smallest absolute Gasteiger partial charge is 0.0547 e. The Bertz CT molecular complexity index is 678. The Morgan fingerprint density at radius 3 is 1.95 bits per heavy atom. The van der Waals surface area contributed by atoms with Gasteiger partial charge in [0.05, 0.1) is 11.4 Å². The van der Waals surface area contributed by atoms with E-state index in [2.05, 4.69) is 79.5 Å². The first kappa shape index (κ1) is 15.1. The predicted molar refractivity (Wildman–Crippen MR) is 98.2 cm³/mol. The molecule has 4 heteroatoms. The Morgan fingerprint density at radius 1 is 0.864 bits per heavy atom. The molecule has 1 heterocycles. The molecule has 0 fully saturated rings. The molecule has 116 valence electrons. The van der Waals surface area contributed by atoms with Gasteiger partial charge in [0.15, 0.2) is 0 Å². The van der Waals surface area contributed by atoms with Crippen LogP contribution in [0.5, 0.6) is 0 Å². The van der Waals surface area contributed by atoms with Crippen molar-refractivity contribution < 1.29 is 0 Å². The van der Waals surface area contributed by atoms with Crippen molar-refractivity contribution in [2.75, 3.05) is 42.3 Å². The fourth-order valence-electron chi connectivity index (χ4n) is 2.74. The lowest BCUT2D eigenvalue weighted by atomic mass is 10.2. The third kappa shape index (κ3) is 2.75. The normalized spacial score (nSPS) is 12.2. The molecule has 1 N–H and O–H groups in total. The van der Waals surface area contributed by atoms with Gasteiger partial charge in [0.2, 0.25) is 0 Å². The average molecular weight is 313 g/mol. The van der Waals surface area contributed by atoms with E-state index in [1.165, 1.54) is 32.5 Å². The molecular weight excluding hydrogens is 290 g/mol. The molecule has 2 aromatic carbocycles. The highest BCUT2D eigenvalue weighted by atomic mass is 32.2. The van der Waals surface area contributed by atoms with Gasteiger partial charge in [-0.15, -0.1) is 0 Å². The van der Waals surface area contributed by atoms with Crippen LogP contribution in [-0.4, -0.2) is 27.2 Å². The SMILES string of the molecule is CCN(CC)c1ccc2c(c1)Nc1cc(N(C)C)ccc1S2. The number of nitrogens with one attached hydrogen (secondary N) is 1. The summed E-state index contributed by atoms with van der Waals surface area (Å²) in [5, 5.41) is 3.61. The summed E-state index contributed by atoms with van der Waals surface area (Å²) in [5.74, 6) is 0. The second-order valence-electron chi connectivity index (χ2n) is 5.65. The number of hydrogen-bond acceptors (Lipinski definition) is 4. The van der Waals surface area contributed by atoms with Crippen LogP contribution in [0.15, 0.2) is 46.2 Å². The van der Waals surface area contributed by atoms with Gasteiger partial charge in [-0.25, -0.2) is 0 Å². The second kappa shape index (κ2) is 6.13.